The Morgan fingerprint density at radius 3 is 2.52 bits per heavy atom. The van der Waals surface area contributed by atoms with Crippen molar-refractivity contribution in [3.8, 4) is 5.69 Å². The lowest BCUT2D eigenvalue weighted by atomic mass is 10.3. The number of nitrogens with zero attached hydrogens (tertiary/aromatic N) is 5. The molecule has 0 saturated carbocycles. The van der Waals surface area contributed by atoms with Gasteiger partial charge < -0.3 is 0 Å². The molecule has 0 fully saturated rings. The van der Waals surface area contributed by atoms with Crippen LogP contribution in [0, 0.1) is 0 Å². The first kappa shape index (κ1) is 18.2. The van der Waals surface area contributed by atoms with Gasteiger partial charge in [0.25, 0.3) is 0 Å². The molecule has 0 spiro atoms. The summed E-state index contributed by atoms with van der Waals surface area (Å²) in [5.74, 6) is 1.51. The van der Waals surface area contributed by atoms with Crippen molar-refractivity contribution in [2.75, 3.05) is 0 Å². The normalized spacial score (nSPS) is 12.3. The smallest absolute Gasteiger partial charge is 0.196 e. The van der Waals surface area contributed by atoms with Gasteiger partial charge in [0.2, 0.25) is 0 Å². The predicted molar refractivity (Wildman–Crippen MR) is 104 cm³/mol. The van der Waals surface area contributed by atoms with Crippen LogP contribution in [0.15, 0.2) is 53.0 Å². The predicted octanol–water partition coefficient (Wildman–Crippen LogP) is 4.89. The summed E-state index contributed by atoms with van der Waals surface area (Å²) in [6, 6.07) is 9.54. The molecule has 1 atom stereocenters. The third kappa shape index (κ3) is 4.74. The topological polar surface area (TPSA) is 56.5 Å². The van der Waals surface area contributed by atoms with E-state index < -0.39 is 0 Å². The zero-order valence-corrected chi connectivity index (χ0v) is 16.4. The Morgan fingerprint density at radius 1 is 1.12 bits per heavy atom. The molecule has 2 heterocycles. The first-order valence-corrected chi connectivity index (χ1v) is 10.2. The van der Waals surface area contributed by atoms with Gasteiger partial charge in [-0.2, -0.15) is 0 Å². The molecule has 0 aliphatic rings. The molecule has 0 bridgehead atoms. The van der Waals surface area contributed by atoms with Crippen molar-refractivity contribution in [1.82, 2.24) is 24.7 Å². The van der Waals surface area contributed by atoms with Gasteiger partial charge in [-0.1, -0.05) is 49.0 Å². The van der Waals surface area contributed by atoms with Gasteiger partial charge in [-0.3, -0.25) is 4.57 Å². The van der Waals surface area contributed by atoms with Gasteiger partial charge >= 0.3 is 0 Å². The maximum absolute atomic E-state index is 6.03. The molecule has 0 N–H and O–H groups in total. The summed E-state index contributed by atoms with van der Waals surface area (Å²) in [7, 11) is 0. The van der Waals surface area contributed by atoms with Crippen molar-refractivity contribution >= 4 is 35.1 Å². The Bertz CT molecular complexity index is 808. The highest BCUT2D eigenvalue weighted by Crippen LogP contribution is 2.29. The van der Waals surface area contributed by atoms with Crippen LogP contribution in [0.5, 0.6) is 0 Å². The van der Waals surface area contributed by atoms with Crippen LogP contribution in [-0.4, -0.2) is 30.0 Å². The Labute approximate surface area is 160 Å². The van der Waals surface area contributed by atoms with Crippen LogP contribution in [0.3, 0.4) is 0 Å². The first-order valence-electron chi connectivity index (χ1n) is 7.94. The van der Waals surface area contributed by atoms with Crippen LogP contribution in [0.2, 0.25) is 5.02 Å². The lowest BCUT2D eigenvalue weighted by molar-refractivity contribution is 0.841. The molecule has 0 aliphatic carbocycles. The average Bonchev–Trinajstić information content (AvgIpc) is 3.04. The molecule has 2 aromatic heterocycles. The lowest BCUT2D eigenvalue weighted by Crippen LogP contribution is -2.04. The zero-order valence-electron chi connectivity index (χ0n) is 14.0. The van der Waals surface area contributed by atoms with E-state index >= 15 is 0 Å². The van der Waals surface area contributed by atoms with Crippen LogP contribution in [0.25, 0.3) is 5.69 Å². The molecule has 5 nitrogen and oxygen atoms in total. The fourth-order valence-corrected chi connectivity index (χ4v) is 3.84. The van der Waals surface area contributed by atoms with E-state index in [9.17, 15) is 0 Å². The largest absolute Gasteiger partial charge is 0.273 e. The number of hydrogen-bond acceptors (Lipinski definition) is 6. The fourth-order valence-electron chi connectivity index (χ4n) is 2.07. The van der Waals surface area contributed by atoms with Crippen molar-refractivity contribution in [2.45, 2.75) is 41.6 Å². The maximum Gasteiger partial charge on any atom is 0.196 e. The summed E-state index contributed by atoms with van der Waals surface area (Å²) in [4.78, 5) is 8.50. The van der Waals surface area contributed by atoms with E-state index in [1.165, 1.54) is 0 Å². The molecular formula is C17H18ClN5S2. The Hall–Kier alpha value is -1.57. The minimum Gasteiger partial charge on any atom is -0.273 e. The maximum atomic E-state index is 6.03. The quantitative estimate of drug-likeness (QED) is 0.422. The van der Waals surface area contributed by atoms with E-state index in [1.54, 1.807) is 42.0 Å². The molecule has 0 saturated heterocycles. The Balaban J connectivity index is 1.90. The second kappa shape index (κ2) is 8.69. The van der Waals surface area contributed by atoms with Crippen molar-refractivity contribution in [2.24, 2.45) is 0 Å². The van der Waals surface area contributed by atoms with Crippen molar-refractivity contribution in [3.05, 3.63) is 53.6 Å². The molecule has 3 aromatic rings. The number of hydrogen-bond donors (Lipinski definition) is 0. The third-order valence-corrected chi connectivity index (χ3v) is 5.87. The van der Waals surface area contributed by atoms with Gasteiger partial charge in [0, 0.05) is 28.4 Å². The summed E-state index contributed by atoms with van der Waals surface area (Å²) in [5, 5.41) is 11.6. The highest BCUT2D eigenvalue weighted by atomic mass is 35.5. The molecule has 25 heavy (non-hydrogen) atoms. The van der Waals surface area contributed by atoms with Gasteiger partial charge in [-0.25, -0.2) is 9.97 Å². The van der Waals surface area contributed by atoms with Crippen LogP contribution in [0.4, 0.5) is 0 Å². The number of halogens is 1. The molecule has 0 aliphatic heterocycles. The van der Waals surface area contributed by atoms with E-state index in [0.717, 1.165) is 28.2 Å². The number of benzene rings is 1. The second-order valence-corrected chi connectivity index (χ2v) is 8.15. The summed E-state index contributed by atoms with van der Waals surface area (Å²) < 4.78 is 2.09. The van der Waals surface area contributed by atoms with Crippen LogP contribution in [-0.2, 0) is 5.75 Å². The number of rotatable bonds is 7. The highest BCUT2D eigenvalue weighted by Gasteiger charge is 2.17. The van der Waals surface area contributed by atoms with Gasteiger partial charge in [-0.05, 0) is 36.8 Å². The van der Waals surface area contributed by atoms with Gasteiger partial charge in [0.15, 0.2) is 10.3 Å². The Kier molecular flexibility index (Phi) is 6.34. The third-order valence-electron chi connectivity index (χ3n) is 3.54. The monoisotopic (exact) mass is 391 g/mol. The van der Waals surface area contributed by atoms with Gasteiger partial charge in [0.1, 0.15) is 5.82 Å². The minimum absolute atomic E-state index is 0.466. The van der Waals surface area contributed by atoms with E-state index in [2.05, 4.69) is 38.6 Å². The fraction of sp³-hybridized carbons (Fsp3) is 0.294. The Morgan fingerprint density at radius 2 is 1.84 bits per heavy atom. The van der Waals surface area contributed by atoms with Crippen LogP contribution < -0.4 is 0 Å². The molecule has 0 unspecified atom stereocenters. The van der Waals surface area contributed by atoms with E-state index in [0.29, 0.717) is 16.0 Å². The minimum atomic E-state index is 0.466. The molecule has 0 radical (unpaired) electrons. The van der Waals surface area contributed by atoms with Crippen molar-refractivity contribution in [1.29, 1.82) is 0 Å². The SMILES string of the molecule is CC[C@H](C)Sc1nnc(CSc2ncccn2)n1-c1ccc(Cl)cc1. The second-order valence-electron chi connectivity index (χ2n) is 5.37. The molecular weight excluding hydrogens is 374 g/mol. The standard InChI is InChI=1S/C17H18ClN5S2/c1-3-12(2)25-17-22-21-15(11-24-16-19-9-4-10-20-16)23(17)14-7-5-13(18)6-8-14/h4-10,12H,3,11H2,1-2H3/t12-/m0/s1. The van der Waals surface area contributed by atoms with Crippen molar-refractivity contribution < 1.29 is 0 Å². The van der Waals surface area contributed by atoms with Gasteiger partial charge in [0.05, 0.1) is 5.75 Å². The number of thioether (sulfide) groups is 2. The summed E-state index contributed by atoms with van der Waals surface area (Å²) >= 11 is 9.30. The van der Waals surface area contributed by atoms with E-state index in [4.69, 9.17) is 11.6 Å². The van der Waals surface area contributed by atoms with Gasteiger partial charge in [-0.15, -0.1) is 10.2 Å². The summed E-state index contributed by atoms with van der Waals surface area (Å²) in [6.07, 6.45) is 4.55. The van der Waals surface area contributed by atoms with Crippen LogP contribution in [0.1, 0.15) is 26.1 Å². The summed E-state index contributed by atoms with van der Waals surface area (Å²) in [5.41, 5.74) is 1.00. The molecule has 8 heteroatoms. The molecule has 130 valence electrons. The zero-order chi connectivity index (χ0) is 17.6. The van der Waals surface area contributed by atoms with E-state index in [1.807, 2.05) is 24.3 Å². The average molecular weight is 392 g/mol. The molecule has 1 aromatic carbocycles. The number of aromatic nitrogens is 5. The first-order chi connectivity index (χ1) is 12.2. The summed E-state index contributed by atoms with van der Waals surface area (Å²) in [6.45, 7) is 4.36. The molecule has 0 amide bonds. The lowest BCUT2D eigenvalue weighted by Gasteiger charge is -2.12. The molecule has 3 rings (SSSR count). The highest BCUT2D eigenvalue weighted by molar-refractivity contribution is 7.99. The van der Waals surface area contributed by atoms with Crippen LogP contribution >= 0.6 is 35.1 Å². The van der Waals surface area contributed by atoms with Crippen molar-refractivity contribution in [3.63, 3.8) is 0 Å². The van der Waals surface area contributed by atoms with E-state index in [-0.39, 0.29) is 0 Å².